The fraction of sp³-hybridized carbons (Fsp3) is 0.348. The summed E-state index contributed by atoms with van der Waals surface area (Å²) in [6.45, 7) is 5.40. The number of rotatable bonds is 5. The van der Waals surface area contributed by atoms with E-state index in [0.717, 1.165) is 67.1 Å². The smallest absolute Gasteiger partial charge is 0.124 e. The molecule has 0 saturated carbocycles. The Morgan fingerprint density at radius 3 is 2.50 bits per heavy atom. The quantitative estimate of drug-likeness (QED) is 0.725. The Morgan fingerprint density at radius 2 is 1.79 bits per heavy atom. The van der Waals surface area contributed by atoms with Crippen molar-refractivity contribution in [2.75, 3.05) is 19.6 Å². The minimum Gasteiger partial charge on any atom is -0.393 e. The molecule has 0 bridgehead atoms. The molecule has 0 spiro atoms. The average Bonchev–Trinajstić information content (AvgIpc) is 3.11. The molecule has 1 fully saturated rings. The van der Waals surface area contributed by atoms with Gasteiger partial charge in [-0.15, -0.1) is 0 Å². The summed E-state index contributed by atoms with van der Waals surface area (Å²) < 4.78 is 16.3. The zero-order valence-electron chi connectivity index (χ0n) is 16.2. The molecular weight excluding hydrogens is 353 g/mol. The second-order valence-corrected chi connectivity index (χ2v) is 7.59. The minimum absolute atomic E-state index is 0.167. The number of halogens is 1. The summed E-state index contributed by atoms with van der Waals surface area (Å²) in [6.07, 6.45) is 3.35. The van der Waals surface area contributed by atoms with Gasteiger partial charge in [0.2, 0.25) is 0 Å². The molecule has 0 atom stereocenters. The Morgan fingerprint density at radius 1 is 1.04 bits per heavy atom. The van der Waals surface area contributed by atoms with Crippen LogP contribution in [0.4, 0.5) is 4.39 Å². The summed E-state index contributed by atoms with van der Waals surface area (Å²) >= 11 is 0. The average molecular weight is 379 g/mol. The van der Waals surface area contributed by atoms with E-state index < -0.39 is 0 Å². The second kappa shape index (κ2) is 8.25. The minimum atomic E-state index is -0.230. The lowest BCUT2D eigenvalue weighted by molar-refractivity contribution is 0.0810. The fourth-order valence-electron chi connectivity index (χ4n) is 3.93. The normalized spacial score (nSPS) is 15.8. The summed E-state index contributed by atoms with van der Waals surface area (Å²) in [5, 5.41) is 9.71. The SMILES string of the molecule is Cc1cc(F)cc(-c2c(-c3ccccc3)ncn2CCN2CCC(O)CC2)c1. The largest absolute Gasteiger partial charge is 0.393 e. The molecule has 0 radical (unpaired) electrons. The van der Waals surface area contributed by atoms with Crippen LogP contribution in [-0.4, -0.2) is 45.3 Å². The summed E-state index contributed by atoms with van der Waals surface area (Å²) in [5.74, 6) is -0.230. The maximum atomic E-state index is 14.1. The van der Waals surface area contributed by atoms with Crippen LogP contribution >= 0.6 is 0 Å². The third-order valence-corrected chi connectivity index (χ3v) is 5.41. The molecule has 1 aliphatic rings. The van der Waals surface area contributed by atoms with E-state index >= 15 is 0 Å². The van der Waals surface area contributed by atoms with Gasteiger partial charge in [0, 0.05) is 37.3 Å². The standard InChI is InChI=1S/C23H26FN3O/c1-17-13-19(15-20(24)14-17)23-22(18-5-3-2-4-6-18)25-16-27(23)12-11-26-9-7-21(28)8-10-26/h2-6,13-16,21,28H,7-12H2,1H3. The van der Waals surface area contributed by atoms with Crippen LogP contribution in [0.5, 0.6) is 0 Å². The predicted octanol–water partition coefficient (Wildman–Crippen LogP) is 4.12. The molecular formula is C23H26FN3O. The molecule has 0 unspecified atom stereocenters. The number of aromatic nitrogens is 2. The van der Waals surface area contributed by atoms with Gasteiger partial charge in [-0.25, -0.2) is 9.37 Å². The van der Waals surface area contributed by atoms with E-state index in [9.17, 15) is 9.50 Å². The van der Waals surface area contributed by atoms with Crippen molar-refractivity contribution in [1.82, 2.24) is 14.5 Å². The summed E-state index contributed by atoms with van der Waals surface area (Å²) in [5.41, 5.74) is 4.60. The second-order valence-electron chi connectivity index (χ2n) is 7.59. The van der Waals surface area contributed by atoms with Gasteiger partial charge in [0.1, 0.15) is 5.82 Å². The van der Waals surface area contributed by atoms with E-state index in [-0.39, 0.29) is 11.9 Å². The van der Waals surface area contributed by atoms with Gasteiger partial charge in [-0.05, 0) is 43.5 Å². The van der Waals surface area contributed by atoms with Crippen LogP contribution < -0.4 is 0 Å². The number of aliphatic hydroxyl groups excluding tert-OH is 1. The molecule has 2 heterocycles. The first-order valence-electron chi connectivity index (χ1n) is 9.88. The van der Waals surface area contributed by atoms with Crippen molar-refractivity contribution in [3.63, 3.8) is 0 Å². The highest BCUT2D eigenvalue weighted by molar-refractivity contribution is 5.78. The van der Waals surface area contributed by atoms with Gasteiger partial charge in [0.25, 0.3) is 0 Å². The first kappa shape index (κ1) is 18.8. The molecule has 1 saturated heterocycles. The lowest BCUT2D eigenvalue weighted by Crippen LogP contribution is -2.37. The molecule has 5 heteroatoms. The highest BCUT2D eigenvalue weighted by Gasteiger charge is 2.19. The van der Waals surface area contributed by atoms with Crippen molar-refractivity contribution in [2.24, 2.45) is 0 Å². The zero-order valence-corrected chi connectivity index (χ0v) is 16.2. The monoisotopic (exact) mass is 379 g/mol. The van der Waals surface area contributed by atoms with Gasteiger partial charge >= 0.3 is 0 Å². The van der Waals surface area contributed by atoms with Gasteiger partial charge in [-0.2, -0.15) is 0 Å². The third-order valence-electron chi connectivity index (χ3n) is 5.41. The van der Waals surface area contributed by atoms with Crippen LogP contribution in [-0.2, 0) is 6.54 Å². The molecule has 1 N–H and O–H groups in total. The van der Waals surface area contributed by atoms with Gasteiger partial charge < -0.3 is 14.6 Å². The van der Waals surface area contributed by atoms with Crippen LogP contribution in [0.1, 0.15) is 18.4 Å². The molecule has 28 heavy (non-hydrogen) atoms. The van der Waals surface area contributed by atoms with Gasteiger partial charge in [-0.3, -0.25) is 0 Å². The Bertz CT molecular complexity index is 910. The van der Waals surface area contributed by atoms with Crippen LogP contribution in [0.2, 0.25) is 0 Å². The van der Waals surface area contributed by atoms with Crippen LogP contribution in [0, 0.1) is 12.7 Å². The van der Waals surface area contributed by atoms with Gasteiger partial charge in [0.05, 0.1) is 23.8 Å². The molecule has 0 amide bonds. The van der Waals surface area contributed by atoms with Crippen molar-refractivity contribution in [2.45, 2.75) is 32.4 Å². The van der Waals surface area contributed by atoms with Crippen molar-refractivity contribution < 1.29 is 9.50 Å². The number of hydrogen-bond donors (Lipinski definition) is 1. The molecule has 1 aromatic heterocycles. The molecule has 2 aromatic carbocycles. The Balaban J connectivity index is 1.67. The van der Waals surface area contributed by atoms with Crippen LogP contribution in [0.3, 0.4) is 0 Å². The number of imidazole rings is 1. The van der Waals surface area contributed by atoms with E-state index in [2.05, 4.69) is 14.5 Å². The third kappa shape index (κ3) is 4.16. The van der Waals surface area contributed by atoms with E-state index in [1.54, 1.807) is 12.1 Å². The molecule has 4 nitrogen and oxygen atoms in total. The summed E-state index contributed by atoms with van der Waals surface area (Å²) in [4.78, 5) is 7.05. The topological polar surface area (TPSA) is 41.3 Å². The number of aliphatic hydroxyl groups is 1. The maximum Gasteiger partial charge on any atom is 0.124 e. The van der Waals surface area contributed by atoms with Gasteiger partial charge in [-0.1, -0.05) is 30.3 Å². The predicted molar refractivity (Wildman–Crippen MR) is 109 cm³/mol. The van der Waals surface area contributed by atoms with Crippen molar-refractivity contribution in [3.05, 3.63) is 66.2 Å². The molecule has 0 aliphatic carbocycles. The number of likely N-dealkylation sites (tertiary alicyclic amines) is 1. The Labute approximate surface area is 165 Å². The van der Waals surface area contributed by atoms with Crippen molar-refractivity contribution in [1.29, 1.82) is 0 Å². The van der Waals surface area contributed by atoms with Crippen LogP contribution in [0.25, 0.3) is 22.5 Å². The molecule has 1 aliphatic heterocycles. The summed E-state index contributed by atoms with van der Waals surface area (Å²) in [7, 11) is 0. The number of hydrogen-bond acceptors (Lipinski definition) is 3. The molecule has 146 valence electrons. The highest BCUT2D eigenvalue weighted by atomic mass is 19.1. The fourth-order valence-corrected chi connectivity index (χ4v) is 3.93. The number of piperidine rings is 1. The van der Waals surface area contributed by atoms with E-state index in [4.69, 9.17) is 0 Å². The first-order valence-corrected chi connectivity index (χ1v) is 9.88. The van der Waals surface area contributed by atoms with Crippen LogP contribution in [0.15, 0.2) is 54.9 Å². The van der Waals surface area contributed by atoms with Crippen molar-refractivity contribution in [3.8, 4) is 22.5 Å². The van der Waals surface area contributed by atoms with E-state index in [0.29, 0.717) is 0 Å². The number of nitrogens with zero attached hydrogens (tertiary/aromatic N) is 3. The molecule has 3 aromatic rings. The molecule has 4 rings (SSSR count). The Hall–Kier alpha value is -2.50. The lowest BCUT2D eigenvalue weighted by atomic mass is 10.0. The van der Waals surface area contributed by atoms with Gasteiger partial charge in [0.15, 0.2) is 0 Å². The maximum absolute atomic E-state index is 14.1. The highest BCUT2D eigenvalue weighted by Crippen LogP contribution is 2.32. The van der Waals surface area contributed by atoms with E-state index in [1.165, 1.54) is 0 Å². The van der Waals surface area contributed by atoms with Crippen molar-refractivity contribution >= 4 is 0 Å². The number of benzene rings is 2. The number of aryl methyl sites for hydroxylation is 1. The summed E-state index contributed by atoms with van der Waals surface area (Å²) in [6, 6.07) is 15.2. The Kier molecular flexibility index (Phi) is 5.55. The zero-order chi connectivity index (χ0) is 19.5. The lowest BCUT2D eigenvalue weighted by Gasteiger charge is -2.29. The first-order chi connectivity index (χ1) is 13.6. The van der Waals surface area contributed by atoms with E-state index in [1.807, 2.05) is 49.6 Å².